The molecule has 7 nitrogen and oxygen atoms in total. The summed E-state index contributed by atoms with van der Waals surface area (Å²) >= 11 is 0. The van der Waals surface area contributed by atoms with Crippen molar-refractivity contribution in [1.29, 1.82) is 0 Å². The number of amides is 1. The fraction of sp³-hybridized carbons (Fsp3) is 0.286. The Morgan fingerprint density at radius 3 is 2.93 bits per heavy atom. The van der Waals surface area contributed by atoms with E-state index in [1.165, 1.54) is 0 Å². The van der Waals surface area contributed by atoms with Crippen molar-refractivity contribution in [3.63, 3.8) is 0 Å². The number of carbonyl (C=O) groups excluding carboxylic acids is 1. The van der Waals surface area contributed by atoms with E-state index in [4.69, 9.17) is 5.73 Å². The summed E-state index contributed by atoms with van der Waals surface area (Å²) in [5, 5.41) is 10.6. The van der Waals surface area contributed by atoms with E-state index in [2.05, 4.69) is 20.5 Å². The summed E-state index contributed by atoms with van der Waals surface area (Å²) in [6.07, 6.45) is 6.49. The van der Waals surface area contributed by atoms with Gasteiger partial charge in [0.15, 0.2) is 0 Å². The van der Waals surface area contributed by atoms with Crippen LogP contribution < -0.4 is 11.1 Å². The number of para-hydroxylation sites is 1. The summed E-state index contributed by atoms with van der Waals surface area (Å²) in [7, 11) is 0. The van der Waals surface area contributed by atoms with Crippen LogP contribution in [0, 0.1) is 0 Å². The van der Waals surface area contributed by atoms with Crippen LogP contribution in [0.4, 0.5) is 11.5 Å². The molecule has 0 aliphatic carbocycles. The average Bonchev–Trinajstić information content (AvgIpc) is 3.22. The van der Waals surface area contributed by atoms with E-state index in [0.717, 1.165) is 48.3 Å². The molecule has 144 valence electrons. The van der Waals surface area contributed by atoms with Crippen LogP contribution in [0.25, 0.3) is 11.1 Å². The lowest BCUT2D eigenvalue weighted by atomic mass is 9.94. The molecule has 4 N–H and O–H groups in total. The van der Waals surface area contributed by atoms with Crippen molar-refractivity contribution in [2.75, 3.05) is 24.1 Å². The number of aromatic amines is 1. The quantitative estimate of drug-likeness (QED) is 0.635. The summed E-state index contributed by atoms with van der Waals surface area (Å²) in [5.41, 5.74) is 9.67. The van der Waals surface area contributed by atoms with E-state index in [9.17, 15) is 4.79 Å². The van der Waals surface area contributed by atoms with Crippen molar-refractivity contribution >= 4 is 17.4 Å². The maximum absolute atomic E-state index is 13.0. The Hall–Kier alpha value is -3.35. The molecule has 1 unspecified atom stereocenters. The molecule has 0 saturated carbocycles. The first-order valence-electron chi connectivity index (χ1n) is 9.56. The van der Waals surface area contributed by atoms with Gasteiger partial charge in [-0.2, -0.15) is 5.10 Å². The molecule has 1 fully saturated rings. The number of likely N-dealkylation sites (tertiary alicyclic amines) is 1. The maximum atomic E-state index is 13.0. The van der Waals surface area contributed by atoms with E-state index in [0.29, 0.717) is 5.82 Å². The first-order valence-corrected chi connectivity index (χ1v) is 9.56. The van der Waals surface area contributed by atoms with Gasteiger partial charge in [0, 0.05) is 24.0 Å². The second-order valence-electron chi connectivity index (χ2n) is 6.99. The Labute approximate surface area is 164 Å². The molecule has 1 aliphatic rings. The van der Waals surface area contributed by atoms with Gasteiger partial charge in [0.1, 0.15) is 5.82 Å². The van der Waals surface area contributed by atoms with Crippen LogP contribution >= 0.6 is 0 Å². The zero-order chi connectivity index (χ0) is 19.3. The lowest BCUT2D eigenvalue weighted by Crippen LogP contribution is -2.41. The Balaban J connectivity index is 1.55. The molecule has 0 spiro atoms. The monoisotopic (exact) mass is 376 g/mol. The first-order chi connectivity index (χ1) is 13.7. The molecule has 1 aromatic carbocycles. The average molecular weight is 376 g/mol. The Bertz CT molecular complexity index is 939. The predicted molar refractivity (Wildman–Crippen MR) is 109 cm³/mol. The third-order valence-corrected chi connectivity index (χ3v) is 5.13. The lowest BCUT2D eigenvalue weighted by Gasteiger charge is -2.36. The first kappa shape index (κ1) is 18.0. The van der Waals surface area contributed by atoms with Crippen LogP contribution in [-0.2, 0) is 4.79 Å². The second kappa shape index (κ2) is 8.12. The number of nitrogens with two attached hydrogens (primary N) is 1. The molecule has 7 heteroatoms. The number of piperidine rings is 1. The number of nitrogens with one attached hydrogen (secondary N) is 2. The van der Waals surface area contributed by atoms with Crippen LogP contribution in [0.15, 0.2) is 54.9 Å². The molecular weight excluding hydrogens is 352 g/mol. The predicted octanol–water partition coefficient (Wildman–Crippen LogP) is 3.22. The number of aromatic nitrogens is 3. The van der Waals surface area contributed by atoms with Gasteiger partial charge in [-0.25, -0.2) is 4.98 Å². The molecule has 1 aliphatic heterocycles. The number of benzene rings is 1. The van der Waals surface area contributed by atoms with E-state index in [1.54, 1.807) is 12.4 Å². The smallest absolute Gasteiger partial charge is 0.242 e. The number of pyridine rings is 1. The molecule has 2 aromatic heterocycles. The molecular formula is C21H24N6O. The SMILES string of the molecule is Nc1cc(-c2cn[nH]c2C2CCCCN2C(=O)CNc2ccccc2)ccn1. The minimum atomic E-state index is -0.0225. The molecule has 1 amide bonds. The van der Waals surface area contributed by atoms with Crippen molar-refractivity contribution in [2.45, 2.75) is 25.3 Å². The van der Waals surface area contributed by atoms with Gasteiger partial charge in [0.25, 0.3) is 0 Å². The van der Waals surface area contributed by atoms with Crippen molar-refractivity contribution in [2.24, 2.45) is 0 Å². The van der Waals surface area contributed by atoms with Gasteiger partial charge in [0.2, 0.25) is 5.91 Å². The number of hydrogen-bond acceptors (Lipinski definition) is 5. The fourth-order valence-corrected chi connectivity index (χ4v) is 3.76. The highest BCUT2D eigenvalue weighted by atomic mass is 16.2. The van der Waals surface area contributed by atoms with E-state index in [-0.39, 0.29) is 18.5 Å². The van der Waals surface area contributed by atoms with Crippen molar-refractivity contribution in [1.82, 2.24) is 20.1 Å². The second-order valence-corrected chi connectivity index (χ2v) is 6.99. The molecule has 0 radical (unpaired) electrons. The van der Waals surface area contributed by atoms with Gasteiger partial charge < -0.3 is 16.0 Å². The highest BCUT2D eigenvalue weighted by Gasteiger charge is 2.30. The third kappa shape index (κ3) is 3.83. The number of rotatable bonds is 5. The third-order valence-electron chi connectivity index (χ3n) is 5.13. The molecule has 0 bridgehead atoms. The van der Waals surface area contributed by atoms with Crippen LogP contribution in [0.1, 0.15) is 31.0 Å². The van der Waals surface area contributed by atoms with Gasteiger partial charge in [-0.05, 0) is 49.1 Å². The number of H-pyrrole nitrogens is 1. The molecule has 1 saturated heterocycles. The summed E-state index contributed by atoms with van der Waals surface area (Å²) in [5.74, 6) is 0.552. The Kier molecular flexibility index (Phi) is 5.23. The van der Waals surface area contributed by atoms with Crippen molar-refractivity contribution in [3.05, 3.63) is 60.6 Å². The molecule has 3 heterocycles. The van der Waals surface area contributed by atoms with E-state index < -0.39 is 0 Å². The van der Waals surface area contributed by atoms with E-state index in [1.807, 2.05) is 47.4 Å². The highest BCUT2D eigenvalue weighted by Crippen LogP contribution is 2.35. The summed E-state index contributed by atoms with van der Waals surface area (Å²) in [6, 6.07) is 13.5. The lowest BCUT2D eigenvalue weighted by molar-refractivity contribution is -0.133. The minimum absolute atomic E-state index is 0.0225. The van der Waals surface area contributed by atoms with Gasteiger partial charge in [-0.15, -0.1) is 0 Å². The van der Waals surface area contributed by atoms with Gasteiger partial charge in [-0.3, -0.25) is 9.89 Å². The summed E-state index contributed by atoms with van der Waals surface area (Å²) < 4.78 is 0. The standard InChI is InChI=1S/C21H24N6O/c22-19-12-15(9-10-23-19)17-13-25-26-21(17)18-8-4-5-11-27(18)20(28)14-24-16-6-2-1-3-7-16/h1-3,6-7,9-10,12-13,18,24H,4-5,8,11,14H2,(H2,22,23)(H,25,26). The molecule has 28 heavy (non-hydrogen) atoms. The highest BCUT2D eigenvalue weighted by molar-refractivity contribution is 5.82. The van der Waals surface area contributed by atoms with Crippen molar-refractivity contribution in [3.8, 4) is 11.1 Å². The van der Waals surface area contributed by atoms with Crippen LogP contribution in [0.2, 0.25) is 0 Å². The van der Waals surface area contributed by atoms with Crippen LogP contribution in [0.3, 0.4) is 0 Å². The maximum Gasteiger partial charge on any atom is 0.242 e. The largest absolute Gasteiger partial charge is 0.384 e. The normalized spacial score (nSPS) is 16.7. The van der Waals surface area contributed by atoms with E-state index >= 15 is 0 Å². The fourth-order valence-electron chi connectivity index (χ4n) is 3.76. The number of anilines is 2. The summed E-state index contributed by atoms with van der Waals surface area (Å²) in [6.45, 7) is 1.02. The van der Waals surface area contributed by atoms with Crippen LogP contribution in [0.5, 0.6) is 0 Å². The van der Waals surface area contributed by atoms with Gasteiger partial charge in [0.05, 0.1) is 24.5 Å². The topological polar surface area (TPSA) is 99.9 Å². The summed E-state index contributed by atoms with van der Waals surface area (Å²) in [4.78, 5) is 19.0. The Morgan fingerprint density at radius 2 is 2.11 bits per heavy atom. The van der Waals surface area contributed by atoms with Gasteiger partial charge in [-0.1, -0.05) is 18.2 Å². The number of nitrogens with zero attached hydrogens (tertiary/aromatic N) is 3. The number of carbonyl (C=O) groups is 1. The number of hydrogen-bond donors (Lipinski definition) is 3. The van der Waals surface area contributed by atoms with Crippen molar-refractivity contribution < 1.29 is 4.79 Å². The van der Waals surface area contributed by atoms with Gasteiger partial charge >= 0.3 is 0 Å². The molecule has 3 aromatic rings. The molecule has 4 rings (SSSR count). The zero-order valence-corrected chi connectivity index (χ0v) is 15.6. The molecule has 1 atom stereocenters. The zero-order valence-electron chi connectivity index (χ0n) is 15.6. The van der Waals surface area contributed by atoms with Crippen LogP contribution in [-0.4, -0.2) is 39.1 Å². The minimum Gasteiger partial charge on any atom is -0.384 e. The Morgan fingerprint density at radius 1 is 1.25 bits per heavy atom. The number of nitrogen functional groups attached to an aromatic ring is 1.